The van der Waals surface area contributed by atoms with Crippen molar-refractivity contribution in [3.63, 3.8) is 0 Å². The lowest BCUT2D eigenvalue weighted by atomic mass is 9.91. The normalized spacial score (nSPS) is 37.6. The van der Waals surface area contributed by atoms with E-state index in [1.165, 1.54) is 45.2 Å². The molecule has 0 aromatic heterocycles. The molecule has 2 heteroatoms. The van der Waals surface area contributed by atoms with Gasteiger partial charge in [-0.15, -0.1) is 0 Å². The van der Waals surface area contributed by atoms with Gasteiger partial charge in [0.15, 0.2) is 0 Å². The molecule has 0 aromatic rings. The van der Waals surface area contributed by atoms with E-state index in [2.05, 4.69) is 38.0 Å². The Labute approximate surface area is 107 Å². The molecule has 1 N–H and O–H groups in total. The highest BCUT2D eigenvalue weighted by Crippen LogP contribution is 2.42. The largest absolute Gasteiger partial charge is 0.313 e. The molecule has 3 atom stereocenters. The summed E-state index contributed by atoms with van der Waals surface area (Å²) in [5.41, 5.74) is 0.554. The maximum Gasteiger partial charge on any atom is 0.0195 e. The van der Waals surface area contributed by atoms with Crippen LogP contribution in [0.5, 0.6) is 0 Å². The van der Waals surface area contributed by atoms with Crippen LogP contribution >= 0.6 is 0 Å². The Balaban J connectivity index is 1.85. The van der Waals surface area contributed by atoms with E-state index in [0.717, 1.165) is 18.0 Å². The molecule has 1 saturated carbocycles. The number of hydrogen-bond donors (Lipinski definition) is 1. The molecule has 3 unspecified atom stereocenters. The predicted molar refractivity (Wildman–Crippen MR) is 74.2 cm³/mol. The molecule has 0 amide bonds. The van der Waals surface area contributed by atoms with Crippen LogP contribution in [0, 0.1) is 11.3 Å². The zero-order chi connectivity index (χ0) is 12.5. The van der Waals surface area contributed by atoms with Gasteiger partial charge in [0.05, 0.1) is 0 Å². The number of likely N-dealkylation sites (N-methyl/N-ethyl adjacent to an activating group) is 1. The van der Waals surface area contributed by atoms with E-state index < -0.39 is 0 Å². The third-order valence-electron chi connectivity index (χ3n) is 4.78. The summed E-state index contributed by atoms with van der Waals surface area (Å²) in [5, 5.41) is 3.67. The number of rotatable bonds is 3. The van der Waals surface area contributed by atoms with Crippen LogP contribution in [0.15, 0.2) is 0 Å². The first kappa shape index (κ1) is 13.4. The highest BCUT2D eigenvalue weighted by molar-refractivity contribution is 4.92. The van der Waals surface area contributed by atoms with Crippen molar-refractivity contribution in [3.05, 3.63) is 0 Å². The zero-order valence-electron chi connectivity index (χ0n) is 12.1. The lowest BCUT2D eigenvalue weighted by molar-refractivity contribution is 0.171. The molecule has 1 heterocycles. The Morgan fingerprint density at radius 1 is 1.24 bits per heavy atom. The van der Waals surface area contributed by atoms with Crippen molar-refractivity contribution in [2.45, 2.75) is 65.0 Å². The Kier molecular flexibility index (Phi) is 4.14. The molecular formula is C15H30N2. The first-order chi connectivity index (χ1) is 7.98. The second-order valence-corrected chi connectivity index (χ2v) is 7.20. The van der Waals surface area contributed by atoms with E-state index in [0.29, 0.717) is 5.41 Å². The molecule has 1 saturated heterocycles. The molecule has 0 aromatic carbocycles. The minimum atomic E-state index is 0.554. The average molecular weight is 238 g/mol. The molecule has 0 bridgehead atoms. The fourth-order valence-electron chi connectivity index (χ4n) is 4.01. The van der Waals surface area contributed by atoms with Crippen LogP contribution < -0.4 is 5.32 Å². The van der Waals surface area contributed by atoms with Crippen molar-refractivity contribution in [2.24, 2.45) is 11.3 Å². The third-order valence-corrected chi connectivity index (χ3v) is 4.78. The highest BCUT2D eigenvalue weighted by atomic mass is 15.2. The first-order valence-electron chi connectivity index (χ1n) is 7.41. The Morgan fingerprint density at radius 2 is 2.00 bits per heavy atom. The molecule has 2 nitrogen and oxygen atoms in total. The minimum Gasteiger partial charge on any atom is -0.313 e. The topological polar surface area (TPSA) is 15.3 Å². The molecule has 2 fully saturated rings. The quantitative estimate of drug-likeness (QED) is 0.813. The molecule has 17 heavy (non-hydrogen) atoms. The summed E-state index contributed by atoms with van der Waals surface area (Å²) in [4.78, 5) is 2.63. The van der Waals surface area contributed by atoms with E-state index in [-0.39, 0.29) is 0 Å². The van der Waals surface area contributed by atoms with Crippen LogP contribution in [-0.2, 0) is 0 Å². The number of nitrogens with one attached hydrogen (secondary N) is 1. The van der Waals surface area contributed by atoms with Crippen molar-refractivity contribution in [1.82, 2.24) is 10.2 Å². The molecule has 1 aliphatic carbocycles. The van der Waals surface area contributed by atoms with Crippen LogP contribution in [0.25, 0.3) is 0 Å². The van der Waals surface area contributed by atoms with Crippen LogP contribution in [0.3, 0.4) is 0 Å². The fourth-order valence-corrected chi connectivity index (χ4v) is 4.01. The van der Waals surface area contributed by atoms with E-state index in [4.69, 9.17) is 0 Å². The summed E-state index contributed by atoms with van der Waals surface area (Å²) in [5.74, 6) is 0.860. The van der Waals surface area contributed by atoms with Gasteiger partial charge in [-0.05, 0) is 50.6 Å². The van der Waals surface area contributed by atoms with Gasteiger partial charge in [0, 0.05) is 18.6 Å². The molecule has 100 valence electrons. The summed E-state index contributed by atoms with van der Waals surface area (Å²) in [7, 11) is 2.33. The number of hydrogen-bond acceptors (Lipinski definition) is 2. The summed E-state index contributed by atoms with van der Waals surface area (Å²) < 4.78 is 0. The molecule has 1 aliphatic heterocycles. The summed E-state index contributed by atoms with van der Waals surface area (Å²) in [6.07, 6.45) is 6.91. The van der Waals surface area contributed by atoms with Crippen LogP contribution in [-0.4, -0.2) is 37.1 Å². The maximum absolute atomic E-state index is 3.67. The van der Waals surface area contributed by atoms with Gasteiger partial charge in [-0.2, -0.15) is 0 Å². The van der Waals surface area contributed by atoms with Crippen molar-refractivity contribution < 1.29 is 0 Å². The minimum absolute atomic E-state index is 0.554. The van der Waals surface area contributed by atoms with Crippen molar-refractivity contribution in [2.75, 3.05) is 20.1 Å². The van der Waals surface area contributed by atoms with E-state index in [9.17, 15) is 0 Å². The Morgan fingerprint density at radius 3 is 2.53 bits per heavy atom. The van der Waals surface area contributed by atoms with Crippen molar-refractivity contribution >= 4 is 0 Å². The monoisotopic (exact) mass is 238 g/mol. The van der Waals surface area contributed by atoms with Crippen LogP contribution in [0.4, 0.5) is 0 Å². The Bertz CT molecular complexity index is 243. The maximum atomic E-state index is 3.67. The Hall–Kier alpha value is -0.0800. The molecule has 2 rings (SSSR count). The zero-order valence-corrected chi connectivity index (χ0v) is 12.1. The van der Waals surface area contributed by atoms with Crippen molar-refractivity contribution in [1.29, 1.82) is 0 Å². The fraction of sp³-hybridized carbons (Fsp3) is 1.00. The molecule has 2 aliphatic rings. The number of nitrogens with zero attached hydrogens (tertiary/aromatic N) is 1. The standard InChI is InChI=1S/C15H30N2/c1-12-9-15(2,3)10-14(12)17(4)11-13-7-5-6-8-16-13/h12-14,16H,5-11H2,1-4H3. The average Bonchev–Trinajstić information content (AvgIpc) is 2.54. The van der Waals surface area contributed by atoms with Gasteiger partial charge in [0.25, 0.3) is 0 Å². The second-order valence-electron chi connectivity index (χ2n) is 7.20. The van der Waals surface area contributed by atoms with Crippen molar-refractivity contribution in [3.8, 4) is 0 Å². The van der Waals surface area contributed by atoms with Gasteiger partial charge in [-0.1, -0.05) is 27.2 Å². The van der Waals surface area contributed by atoms with Gasteiger partial charge in [0.1, 0.15) is 0 Å². The van der Waals surface area contributed by atoms with Gasteiger partial charge in [-0.25, -0.2) is 0 Å². The van der Waals surface area contributed by atoms with E-state index >= 15 is 0 Å². The number of piperidine rings is 1. The second kappa shape index (κ2) is 5.27. The molecule has 0 spiro atoms. The summed E-state index contributed by atoms with van der Waals surface area (Å²) in [6, 6.07) is 1.54. The van der Waals surface area contributed by atoms with E-state index in [1.807, 2.05) is 0 Å². The highest BCUT2D eigenvalue weighted by Gasteiger charge is 2.38. The summed E-state index contributed by atoms with van der Waals surface area (Å²) in [6.45, 7) is 9.76. The summed E-state index contributed by atoms with van der Waals surface area (Å²) >= 11 is 0. The lowest BCUT2D eigenvalue weighted by Gasteiger charge is -2.33. The smallest absolute Gasteiger partial charge is 0.0195 e. The van der Waals surface area contributed by atoms with Crippen LogP contribution in [0.1, 0.15) is 52.9 Å². The first-order valence-corrected chi connectivity index (χ1v) is 7.41. The predicted octanol–water partition coefficient (Wildman–Crippen LogP) is 2.89. The van der Waals surface area contributed by atoms with Gasteiger partial charge >= 0.3 is 0 Å². The van der Waals surface area contributed by atoms with E-state index in [1.54, 1.807) is 0 Å². The van der Waals surface area contributed by atoms with Gasteiger partial charge in [0.2, 0.25) is 0 Å². The lowest BCUT2D eigenvalue weighted by Crippen LogP contribution is -2.46. The SMILES string of the molecule is CC1CC(C)(C)CC1N(C)CC1CCCCN1. The van der Waals surface area contributed by atoms with Gasteiger partial charge < -0.3 is 10.2 Å². The van der Waals surface area contributed by atoms with Gasteiger partial charge in [-0.3, -0.25) is 0 Å². The molecular weight excluding hydrogens is 208 g/mol. The third kappa shape index (κ3) is 3.45. The van der Waals surface area contributed by atoms with Crippen LogP contribution in [0.2, 0.25) is 0 Å². The molecule has 0 radical (unpaired) electrons.